The number of aromatic hydroxyl groups is 1. The number of nitrogens with one attached hydrogen (secondary N) is 10. The Balaban J connectivity index is 1.24. The van der Waals surface area contributed by atoms with Crippen molar-refractivity contribution in [3.63, 3.8) is 0 Å². The summed E-state index contributed by atoms with van der Waals surface area (Å²) in [5, 5.41) is 66.0. The molecule has 6 aromatic rings. The van der Waals surface area contributed by atoms with Crippen molar-refractivity contribution in [2.45, 2.75) is 183 Å². The molecule has 13 atom stereocenters. The van der Waals surface area contributed by atoms with Gasteiger partial charge in [-0.25, -0.2) is 17.6 Å². The van der Waals surface area contributed by atoms with Crippen molar-refractivity contribution in [2.24, 2.45) is 23.1 Å². The third-order valence-corrected chi connectivity index (χ3v) is 23.8. The van der Waals surface area contributed by atoms with E-state index in [1.165, 1.54) is 57.3 Å². The maximum Gasteiger partial charge on any atom is 0.305 e. The number of nitrogens with two attached hydrogens (primary N) is 3. The number of phenolic OH excluding ortho intramolecular Hbond substituents is 1. The van der Waals surface area contributed by atoms with Gasteiger partial charge in [-0.1, -0.05) is 106 Å². The molecule has 2 aliphatic rings. The van der Waals surface area contributed by atoms with Gasteiger partial charge in [0, 0.05) is 95.6 Å². The first kappa shape index (κ1) is 105. The van der Waals surface area contributed by atoms with Crippen molar-refractivity contribution in [2.75, 3.05) is 78.5 Å². The maximum atomic E-state index is 15.6. The van der Waals surface area contributed by atoms with E-state index in [9.17, 15) is 62.8 Å². The molecule has 0 bridgehead atoms. The number of phenols is 1. The van der Waals surface area contributed by atoms with Gasteiger partial charge in [0.25, 0.3) is 0 Å². The number of hydrogen-bond acceptors (Lipinski definition) is 22. The number of unbranched alkanes of at least 4 members (excludes halogenated alkanes) is 1. The zero-order valence-electron chi connectivity index (χ0n) is 74.4. The van der Waals surface area contributed by atoms with Gasteiger partial charge in [-0.05, 0) is 115 Å². The van der Waals surface area contributed by atoms with Gasteiger partial charge in [-0.3, -0.25) is 76.7 Å². The molecule has 5 aromatic carbocycles. The van der Waals surface area contributed by atoms with E-state index in [2.05, 4.69) is 52.8 Å². The summed E-state index contributed by atoms with van der Waals surface area (Å²) in [7, 11) is 3.45. The van der Waals surface area contributed by atoms with Crippen molar-refractivity contribution in [1.29, 1.82) is 0 Å². The Morgan fingerprint density at radius 2 is 1.12 bits per heavy atom. The first-order valence-corrected chi connectivity index (χ1v) is 44.5. The van der Waals surface area contributed by atoms with E-state index >= 15 is 51.9 Å². The summed E-state index contributed by atoms with van der Waals surface area (Å²) in [6.45, 7) is 0.425. The van der Waals surface area contributed by atoms with E-state index in [4.69, 9.17) is 17.2 Å². The summed E-state index contributed by atoms with van der Waals surface area (Å²) in [5.74, 6) is -26.4. The van der Waals surface area contributed by atoms with Crippen LogP contribution in [-0.4, -0.2) is 302 Å². The third-order valence-electron chi connectivity index (χ3n) is 22.8. The number of carboxylic acid groups (broad SMARTS) is 1. The minimum atomic E-state index is -2.05. The number of aliphatic hydroxyl groups excluding tert-OH is 2. The number of hydrogen-bond donors (Lipinski definition) is 17. The second-order valence-corrected chi connectivity index (χ2v) is 34.1. The smallest absolute Gasteiger partial charge is 0.305 e. The lowest BCUT2D eigenvalue weighted by Gasteiger charge is -2.37. The Hall–Kier alpha value is -13.1. The number of aliphatic carboxylic acids is 1. The molecule has 0 saturated carbocycles. The minimum Gasteiger partial charge on any atom is -0.508 e. The summed E-state index contributed by atoms with van der Waals surface area (Å²) < 4.78 is 59.7. The molecule has 133 heavy (non-hydrogen) atoms. The first-order valence-electron chi connectivity index (χ1n) is 43.3. The van der Waals surface area contributed by atoms with Crippen LogP contribution in [0.5, 0.6) is 5.75 Å². The number of benzene rings is 5. The second kappa shape index (κ2) is 50.5. The van der Waals surface area contributed by atoms with Gasteiger partial charge in [-0.15, -0.1) is 11.8 Å². The number of aliphatic hydroxyl groups is 2. The molecule has 0 radical (unpaired) electrons. The number of β-amino-alcohol motifs (C(OH)–C–C–N with tert-alkyl or cyclic N) is 1. The number of H-pyrrole nitrogens is 1. The second-order valence-electron chi connectivity index (χ2n) is 33.0. The Morgan fingerprint density at radius 1 is 0.556 bits per heavy atom. The SMILES string of the molecule is CCCC[C@H]1C(=O)N(CCO)CC(=O)N[C@@H](CC(=O)O)C(=O)N[C@@H](C(C)C)C(=O)N(C)[C@@H](Cc2ccccc2)C(=O)N[C@@H](CCN)C(=O)N2C[C@H](O)C[C@@H]2C(=O)N[C@@H](Cc2c[nH]c3ccccc23)C(=O)N[C@@H](Cc2ccc(O)cc2)C(=O)N[C@@H](CCCN)C(=O)N[C@H](C(=O)NCC(N)=O)CSCC(=O)N[C@@H](Cc2cc(F)c(F)c(F)c2)C(=O)N(C)[C@@H](Cc2ccc(F)cc2)C(=O)N1C. The lowest BCUT2D eigenvalue weighted by Crippen LogP contribution is -2.61. The van der Waals surface area contributed by atoms with Crippen LogP contribution in [-0.2, 0) is 109 Å². The number of para-hydroxylation sites is 1. The van der Waals surface area contributed by atoms with Crippen molar-refractivity contribution < 1.29 is 115 Å². The maximum absolute atomic E-state index is 15.6. The van der Waals surface area contributed by atoms with Gasteiger partial charge in [0.1, 0.15) is 84.1 Å². The fourth-order valence-electron chi connectivity index (χ4n) is 15.5. The average Bonchev–Trinajstić information content (AvgIpc) is 1.61. The van der Waals surface area contributed by atoms with Crippen LogP contribution in [0.15, 0.2) is 121 Å². The lowest BCUT2D eigenvalue weighted by molar-refractivity contribution is -0.152. The van der Waals surface area contributed by atoms with Gasteiger partial charge in [0.15, 0.2) is 17.5 Å². The summed E-state index contributed by atoms with van der Waals surface area (Å²) in [6, 6.07) is 5.37. The van der Waals surface area contributed by atoms with Crippen molar-refractivity contribution >= 4 is 117 Å². The number of halogens is 4. The van der Waals surface area contributed by atoms with E-state index in [0.717, 1.165) is 50.7 Å². The topological polar surface area (TPSA) is 572 Å². The number of rotatable bonds is 26. The predicted molar refractivity (Wildman–Crippen MR) is 477 cm³/mol. The van der Waals surface area contributed by atoms with Crippen molar-refractivity contribution in [3.8, 4) is 5.75 Å². The Kier molecular flexibility index (Phi) is 39.9. The fraction of sp³-hybridized carbons (Fsp3) is 0.467. The van der Waals surface area contributed by atoms with Crippen LogP contribution in [0.4, 0.5) is 17.6 Å². The highest BCUT2D eigenvalue weighted by Crippen LogP contribution is 2.27. The molecule has 0 unspecified atom stereocenters. The molecule has 15 amide bonds. The van der Waals surface area contributed by atoms with E-state index in [-0.39, 0.29) is 69.3 Å². The number of thioether (sulfide) groups is 1. The molecule has 3 heterocycles. The normalized spacial score (nSPS) is 23.2. The van der Waals surface area contributed by atoms with Gasteiger partial charge in [0.05, 0.1) is 38.0 Å². The standard InChI is InChI=1S/C90H116F4N18O20S/c1-7-8-20-69-89(131)111(32-33-113)46-74(117)100-66(42-76(119)120)83(125)107-78(49(2)3)90(132)109(5)70(38-50-15-10-9-11-16-50)84(126)103-63(29-31-96)87(129)112-45-57(115)41-71(112)85(127)105-65(40-54-43-98-61-18-13-12-17-58(54)61)82(124)104-64(36-51-23-27-56(114)28-24-51)81(123)102-62(19-14-30-95)80(122)106-68(79(121)99-44-73(97)116)47-133-48-75(118)101-67(37-53-34-59(92)77(94)60(93)35-53)86(128)110(6)72(88(130)108(69)4)39-52-21-25-55(91)26-22-52/h9-13,15-18,21-28,34-35,43,49,57,62-72,78,98,113-115H,7-8,14,19-20,29-33,36-42,44-48,95-96H2,1-6H3,(H2,97,116)(H,99,121)(H,100,117)(H,101,118)(H,102,123)(H,103,126)(H,104,124)(H,105,127)(H,106,122)(H,107,125)(H,119,120)/t57-,62+,63+,64+,65+,66+,67+,68+,69+,70+,71-,72+,78+/m1/s1. The lowest BCUT2D eigenvalue weighted by atomic mass is 9.98. The van der Waals surface area contributed by atoms with E-state index in [0.29, 0.717) is 57.9 Å². The first-order chi connectivity index (χ1) is 63.2. The van der Waals surface area contributed by atoms with Gasteiger partial charge in [0.2, 0.25) is 88.6 Å². The van der Waals surface area contributed by atoms with Crippen LogP contribution < -0.4 is 65.1 Å². The Labute approximate surface area is 768 Å². The number of carboxylic acids is 1. The van der Waals surface area contributed by atoms with Crippen molar-refractivity contribution in [3.05, 3.63) is 173 Å². The van der Waals surface area contributed by atoms with Crippen LogP contribution in [0.3, 0.4) is 0 Å². The van der Waals surface area contributed by atoms with Crippen LogP contribution in [0.2, 0.25) is 0 Å². The molecule has 0 spiro atoms. The van der Waals surface area contributed by atoms with Gasteiger partial charge < -0.3 is 115 Å². The fourth-order valence-corrected chi connectivity index (χ4v) is 16.4. The summed E-state index contributed by atoms with van der Waals surface area (Å²) in [4.78, 5) is 243. The Bertz CT molecular complexity index is 5100. The van der Waals surface area contributed by atoms with Crippen LogP contribution in [0.1, 0.15) is 100.0 Å². The zero-order chi connectivity index (χ0) is 97.6. The highest BCUT2D eigenvalue weighted by Gasteiger charge is 2.46. The zero-order valence-corrected chi connectivity index (χ0v) is 75.2. The number of carbonyl (C=O) groups excluding carboxylic acids is 15. The quantitative estimate of drug-likeness (QED) is 0.0225. The molecule has 2 saturated heterocycles. The molecular weight excluding hydrogens is 1760 g/mol. The number of likely N-dealkylation sites (N-methyl/N-ethyl adjacent to an activating group) is 3. The van der Waals surface area contributed by atoms with E-state index in [1.54, 1.807) is 67.7 Å². The molecule has 2 fully saturated rings. The largest absolute Gasteiger partial charge is 0.508 e. The van der Waals surface area contributed by atoms with Gasteiger partial charge >= 0.3 is 5.97 Å². The minimum absolute atomic E-state index is 0.00286. The monoisotopic (exact) mass is 1880 g/mol. The molecule has 0 aliphatic carbocycles. The summed E-state index contributed by atoms with van der Waals surface area (Å²) >= 11 is 0.605. The number of nitrogens with zero attached hydrogens (tertiary/aromatic N) is 5. The third kappa shape index (κ3) is 30.2. The number of primary amides is 1. The summed E-state index contributed by atoms with van der Waals surface area (Å²) in [5.41, 5.74) is 19.1. The molecule has 43 heteroatoms. The molecular formula is C90H116F4N18O20S. The van der Waals surface area contributed by atoms with Crippen LogP contribution in [0, 0.1) is 29.2 Å². The molecule has 1 aromatic heterocycles. The van der Waals surface area contributed by atoms with E-state index < -0.39 is 284 Å². The van der Waals surface area contributed by atoms with Crippen LogP contribution >= 0.6 is 11.8 Å². The number of aromatic nitrogens is 1. The molecule has 2 aliphatic heterocycles. The van der Waals surface area contributed by atoms with Gasteiger partial charge in [-0.2, -0.15) is 0 Å². The molecule has 20 N–H and O–H groups in total. The number of amides is 15. The van der Waals surface area contributed by atoms with E-state index in [1.807, 2.05) is 0 Å². The highest BCUT2D eigenvalue weighted by atomic mass is 32.2. The molecule has 8 rings (SSSR count). The Morgan fingerprint density at radius 3 is 1.75 bits per heavy atom. The average molecular weight is 1880 g/mol. The number of fused-ring (bicyclic) bond motifs is 2. The highest BCUT2D eigenvalue weighted by molar-refractivity contribution is 8.00. The van der Waals surface area contributed by atoms with Crippen LogP contribution in [0.25, 0.3) is 10.9 Å². The molecule has 38 nitrogen and oxygen atoms in total. The number of aromatic amines is 1. The summed E-state index contributed by atoms with van der Waals surface area (Å²) in [6.07, 6.45) is -4.12. The van der Waals surface area contributed by atoms with Crippen molar-refractivity contribution in [1.82, 2.24) is 77.3 Å². The number of carbonyl (C=O) groups is 16. The molecule has 720 valence electrons. The predicted octanol–water partition coefficient (Wildman–Crippen LogP) is -1.16.